The van der Waals surface area contributed by atoms with Gasteiger partial charge in [0.05, 0.1) is 35.4 Å². The zero-order valence-corrected chi connectivity index (χ0v) is 17.0. The van der Waals surface area contributed by atoms with Gasteiger partial charge in [-0.15, -0.1) is 0 Å². The molecule has 28 heavy (non-hydrogen) atoms. The summed E-state index contributed by atoms with van der Waals surface area (Å²) in [5.74, 6) is 0.651. The van der Waals surface area contributed by atoms with Crippen LogP contribution < -0.4 is 4.74 Å². The van der Waals surface area contributed by atoms with Crippen LogP contribution in [-0.2, 0) is 14.6 Å². The van der Waals surface area contributed by atoms with Gasteiger partial charge in [0.2, 0.25) is 0 Å². The van der Waals surface area contributed by atoms with Crippen molar-refractivity contribution in [2.45, 2.75) is 11.3 Å². The van der Waals surface area contributed by atoms with Crippen LogP contribution in [0.25, 0.3) is 6.08 Å². The molecule has 0 atom stereocenters. The zero-order chi connectivity index (χ0) is 19.8. The SMILES string of the molecule is O=S(=O)(C=Cc1ncccc1Cl)c1ccc(OCCCN2CCOCC2)cc1. The maximum atomic E-state index is 12.4. The molecule has 1 aliphatic heterocycles. The topological polar surface area (TPSA) is 68.7 Å². The largest absolute Gasteiger partial charge is 0.494 e. The Morgan fingerprint density at radius 1 is 1.18 bits per heavy atom. The predicted molar refractivity (Wildman–Crippen MR) is 109 cm³/mol. The number of nitrogens with zero attached hydrogens (tertiary/aromatic N) is 2. The van der Waals surface area contributed by atoms with E-state index in [1.165, 1.54) is 18.2 Å². The Morgan fingerprint density at radius 3 is 2.64 bits per heavy atom. The van der Waals surface area contributed by atoms with Crippen LogP contribution in [0.15, 0.2) is 52.9 Å². The van der Waals surface area contributed by atoms with Gasteiger partial charge < -0.3 is 9.47 Å². The van der Waals surface area contributed by atoms with Crippen molar-refractivity contribution >= 4 is 27.5 Å². The molecule has 0 saturated carbocycles. The van der Waals surface area contributed by atoms with Crippen LogP contribution >= 0.6 is 11.6 Å². The first kappa shape index (κ1) is 20.8. The van der Waals surface area contributed by atoms with Crippen molar-refractivity contribution in [2.75, 3.05) is 39.5 Å². The van der Waals surface area contributed by atoms with E-state index in [0.717, 1.165) is 44.7 Å². The van der Waals surface area contributed by atoms with Crippen LogP contribution in [0.5, 0.6) is 5.75 Å². The van der Waals surface area contributed by atoms with Gasteiger partial charge in [0.1, 0.15) is 5.75 Å². The first-order chi connectivity index (χ1) is 13.5. The number of pyridine rings is 1. The summed E-state index contributed by atoms with van der Waals surface area (Å²) in [6, 6.07) is 9.76. The monoisotopic (exact) mass is 422 g/mol. The summed E-state index contributed by atoms with van der Waals surface area (Å²) in [5.41, 5.74) is 0.410. The maximum absolute atomic E-state index is 12.4. The van der Waals surface area contributed by atoms with Crippen molar-refractivity contribution < 1.29 is 17.9 Å². The molecule has 0 bridgehead atoms. The quantitative estimate of drug-likeness (QED) is 0.608. The minimum atomic E-state index is -3.58. The number of morpholine rings is 1. The van der Waals surface area contributed by atoms with Crippen molar-refractivity contribution in [3.8, 4) is 5.75 Å². The molecule has 0 aliphatic carbocycles. The summed E-state index contributed by atoms with van der Waals surface area (Å²) in [7, 11) is -3.58. The highest BCUT2D eigenvalue weighted by Crippen LogP contribution is 2.20. The second-order valence-corrected chi connectivity index (χ2v) is 8.59. The molecule has 3 rings (SSSR count). The third kappa shape index (κ3) is 6.04. The van der Waals surface area contributed by atoms with Gasteiger partial charge in [-0.05, 0) is 48.9 Å². The number of rotatable bonds is 8. The van der Waals surface area contributed by atoms with E-state index in [1.807, 2.05) is 0 Å². The van der Waals surface area contributed by atoms with Crippen LogP contribution in [0, 0.1) is 0 Å². The molecule has 6 nitrogen and oxygen atoms in total. The zero-order valence-electron chi connectivity index (χ0n) is 15.5. The molecule has 1 aromatic carbocycles. The van der Waals surface area contributed by atoms with Gasteiger partial charge in [-0.2, -0.15) is 0 Å². The van der Waals surface area contributed by atoms with Crippen molar-refractivity contribution in [3.63, 3.8) is 0 Å². The number of benzene rings is 1. The number of hydrogen-bond donors (Lipinski definition) is 0. The number of ether oxygens (including phenoxy) is 2. The first-order valence-corrected chi connectivity index (χ1v) is 11.0. The van der Waals surface area contributed by atoms with Gasteiger partial charge >= 0.3 is 0 Å². The van der Waals surface area contributed by atoms with Crippen LogP contribution in [0.3, 0.4) is 0 Å². The highest BCUT2D eigenvalue weighted by atomic mass is 35.5. The van der Waals surface area contributed by atoms with Gasteiger partial charge in [0.15, 0.2) is 9.84 Å². The molecule has 0 radical (unpaired) electrons. The number of halogens is 1. The molecule has 1 saturated heterocycles. The van der Waals surface area contributed by atoms with E-state index in [9.17, 15) is 8.42 Å². The van der Waals surface area contributed by atoms with Crippen LogP contribution in [-0.4, -0.2) is 57.8 Å². The van der Waals surface area contributed by atoms with Crippen molar-refractivity contribution in [1.82, 2.24) is 9.88 Å². The lowest BCUT2D eigenvalue weighted by atomic mass is 10.3. The molecule has 1 aliphatic rings. The Hall–Kier alpha value is -1.93. The van der Waals surface area contributed by atoms with E-state index in [1.54, 1.807) is 30.5 Å². The Balaban J connectivity index is 1.52. The van der Waals surface area contributed by atoms with Crippen molar-refractivity contribution in [2.24, 2.45) is 0 Å². The summed E-state index contributed by atoms with van der Waals surface area (Å²) in [6.45, 7) is 5.06. The molecule has 1 fully saturated rings. The summed E-state index contributed by atoms with van der Waals surface area (Å²) >= 11 is 6.00. The lowest BCUT2D eigenvalue weighted by Crippen LogP contribution is -2.37. The summed E-state index contributed by atoms with van der Waals surface area (Å²) in [5, 5.41) is 1.51. The molecule has 8 heteroatoms. The maximum Gasteiger partial charge on any atom is 0.199 e. The molecule has 1 aromatic heterocycles. The number of aromatic nitrogens is 1. The predicted octanol–water partition coefficient (Wildman–Crippen LogP) is 3.28. The van der Waals surface area contributed by atoms with Gasteiger partial charge in [0.25, 0.3) is 0 Å². The highest BCUT2D eigenvalue weighted by Gasteiger charge is 2.12. The standard InChI is InChI=1S/C20H23ClN2O4S/c21-19-3-1-9-22-20(19)8-16-28(24,25)18-6-4-17(5-7-18)27-13-2-10-23-11-14-26-15-12-23/h1,3-9,16H,2,10-15H2. The Kier molecular flexibility index (Phi) is 7.44. The molecular formula is C20H23ClN2O4S. The normalized spacial score (nSPS) is 15.8. The van der Waals surface area contributed by atoms with Crippen LogP contribution in [0.1, 0.15) is 12.1 Å². The van der Waals surface area contributed by atoms with E-state index >= 15 is 0 Å². The van der Waals surface area contributed by atoms with Gasteiger partial charge in [-0.1, -0.05) is 11.6 Å². The smallest absolute Gasteiger partial charge is 0.199 e. The van der Waals surface area contributed by atoms with Gasteiger partial charge in [-0.25, -0.2) is 8.42 Å². The van der Waals surface area contributed by atoms with E-state index < -0.39 is 9.84 Å². The summed E-state index contributed by atoms with van der Waals surface area (Å²) in [6.07, 6.45) is 3.87. The van der Waals surface area contributed by atoms with E-state index in [-0.39, 0.29) is 4.90 Å². The molecule has 0 spiro atoms. The Bertz CT molecular complexity index is 895. The first-order valence-electron chi connectivity index (χ1n) is 9.11. The van der Waals surface area contributed by atoms with E-state index in [2.05, 4.69) is 9.88 Å². The molecule has 150 valence electrons. The van der Waals surface area contributed by atoms with Gasteiger partial charge in [0, 0.05) is 31.2 Å². The molecule has 2 heterocycles. The van der Waals surface area contributed by atoms with Crippen molar-refractivity contribution in [3.05, 3.63) is 58.7 Å². The second kappa shape index (κ2) is 10.0. The molecule has 0 unspecified atom stereocenters. The van der Waals surface area contributed by atoms with E-state index in [0.29, 0.717) is 23.1 Å². The third-order valence-corrected chi connectivity index (χ3v) is 6.08. The molecular weight excluding hydrogens is 400 g/mol. The minimum Gasteiger partial charge on any atom is -0.494 e. The van der Waals surface area contributed by atoms with Crippen LogP contribution in [0.2, 0.25) is 5.02 Å². The third-order valence-electron chi connectivity index (χ3n) is 4.34. The fourth-order valence-electron chi connectivity index (χ4n) is 2.78. The van der Waals surface area contributed by atoms with Crippen molar-refractivity contribution in [1.29, 1.82) is 0 Å². The molecule has 0 amide bonds. The molecule has 2 aromatic rings. The fraction of sp³-hybridized carbons (Fsp3) is 0.350. The number of hydrogen-bond acceptors (Lipinski definition) is 6. The Labute approximate surface area is 170 Å². The molecule has 0 N–H and O–H groups in total. The average Bonchev–Trinajstić information content (AvgIpc) is 2.72. The summed E-state index contributed by atoms with van der Waals surface area (Å²) < 4.78 is 35.9. The fourth-order valence-corrected chi connectivity index (χ4v) is 3.95. The Morgan fingerprint density at radius 2 is 1.93 bits per heavy atom. The number of sulfone groups is 1. The minimum absolute atomic E-state index is 0.191. The van der Waals surface area contributed by atoms with E-state index in [4.69, 9.17) is 21.1 Å². The second-order valence-electron chi connectivity index (χ2n) is 6.35. The van der Waals surface area contributed by atoms with Crippen LogP contribution in [0.4, 0.5) is 0 Å². The van der Waals surface area contributed by atoms with Gasteiger partial charge in [-0.3, -0.25) is 9.88 Å². The lowest BCUT2D eigenvalue weighted by molar-refractivity contribution is 0.0358. The lowest BCUT2D eigenvalue weighted by Gasteiger charge is -2.26. The summed E-state index contributed by atoms with van der Waals surface area (Å²) in [4.78, 5) is 6.59. The highest BCUT2D eigenvalue weighted by molar-refractivity contribution is 7.94. The average molecular weight is 423 g/mol.